The second-order valence-electron chi connectivity index (χ2n) is 3.62. The Hall–Kier alpha value is -1.75. The Morgan fingerprint density at radius 2 is 2.18 bits per heavy atom. The van der Waals surface area contributed by atoms with Crippen molar-refractivity contribution >= 4 is 17.2 Å². The van der Waals surface area contributed by atoms with Gasteiger partial charge in [-0.2, -0.15) is 0 Å². The van der Waals surface area contributed by atoms with E-state index in [0.29, 0.717) is 12.1 Å². The van der Waals surface area contributed by atoms with Gasteiger partial charge in [-0.1, -0.05) is 0 Å². The zero-order chi connectivity index (χ0) is 12.1. The highest BCUT2D eigenvalue weighted by atomic mass is 32.1. The standard InChI is InChI=1S/C12H13N3OS/c1-9-8-17-11(15-9)4-7-14-12(16)10-2-5-13-6-3-10/h2-3,5-6,8H,4,7H2,1H3,(H,14,16). The van der Waals surface area contributed by atoms with Gasteiger partial charge >= 0.3 is 0 Å². The van der Waals surface area contributed by atoms with E-state index in [4.69, 9.17) is 0 Å². The fourth-order valence-corrected chi connectivity index (χ4v) is 2.18. The third kappa shape index (κ3) is 3.35. The number of nitrogens with one attached hydrogen (secondary N) is 1. The number of rotatable bonds is 4. The number of carbonyl (C=O) groups excluding carboxylic acids is 1. The first-order valence-corrected chi connectivity index (χ1v) is 6.23. The number of hydrogen-bond acceptors (Lipinski definition) is 4. The van der Waals surface area contributed by atoms with Crippen molar-refractivity contribution in [1.29, 1.82) is 0 Å². The van der Waals surface area contributed by atoms with Crippen LogP contribution in [0.15, 0.2) is 29.9 Å². The second kappa shape index (κ2) is 5.54. The smallest absolute Gasteiger partial charge is 0.251 e. The van der Waals surface area contributed by atoms with Gasteiger partial charge in [0.15, 0.2) is 0 Å². The molecule has 0 aliphatic rings. The second-order valence-corrected chi connectivity index (χ2v) is 4.57. The van der Waals surface area contributed by atoms with Crippen molar-refractivity contribution in [2.75, 3.05) is 6.54 Å². The Morgan fingerprint density at radius 1 is 1.41 bits per heavy atom. The van der Waals surface area contributed by atoms with Gasteiger partial charge < -0.3 is 5.32 Å². The maximum absolute atomic E-state index is 11.7. The Bertz CT molecular complexity index is 495. The fraction of sp³-hybridized carbons (Fsp3) is 0.250. The Balaban J connectivity index is 1.81. The van der Waals surface area contributed by atoms with E-state index in [0.717, 1.165) is 17.1 Å². The summed E-state index contributed by atoms with van der Waals surface area (Å²) in [6.07, 6.45) is 3.99. The van der Waals surface area contributed by atoms with E-state index in [1.54, 1.807) is 35.9 Å². The van der Waals surface area contributed by atoms with Gasteiger partial charge in [0.05, 0.1) is 5.01 Å². The normalized spacial score (nSPS) is 10.2. The van der Waals surface area contributed by atoms with Crippen LogP contribution in [0.4, 0.5) is 0 Å². The van der Waals surface area contributed by atoms with Crippen molar-refractivity contribution in [2.24, 2.45) is 0 Å². The first kappa shape index (κ1) is 11.7. The summed E-state index contributed by atoms with van der Waals surface area (Å²) in [6.45, 7) is 2.57. The van der Waals surface area contributed by atoms with Crippen LogP contribution in [0.5, 0.6) is 0 Å². The van der Waals surface area contributed by atoms with Crippen molar-refractivity contribution in [3.63, 3.8) is 0 Å². The van der Waals surface area contributed by atoms with Crippen LogP contribution in [0.2, 0.25) is 0 Å². The van der Waals surface area contributed by atoms with Crippen LogP contribution in [0.3, 0.4) is 0 Å². The summed E-state index contributed by atoms with van der Waals surface area (Å²) in [4.78, 5) is 19.9. The molecule has 0 unspecified atom stereocenters. The van der Waals surface area contributed by atoms with Crippen LogP contribution in [0.1, 0.15) is 21.1 Å². The maximum Gasteiger partial charge on any atom is 0.251 e. The average molecular weight is 247 g/mol. The molecule has 0 bridgehead atoms. The lowest BCUT2D eigenvalue weighted by Gasteiger charge is -2.03. The predicted octanol–water partition coefficient (Wildman–Crippen LogP) is 1.82. The summed E-state index contributed by atoms with van der Waals surface area (Å²) in [7, 11) is 0. The number of aromatic nitrogens is 2. The minimum absolute atomic E-state index is 0.0688. The van der Waals surface area contributed by atoms with Crippen LogP contribution >= 0.6 is 11.3 Å². The van der Waals surface area contributed by atoms with Crippen LogP contribution in [0.25, 0.3) is 0 Å². The molecule has 0 atom stereocenters. The van der Waals surface area contributed by atoms with Crippen molar-refractivity contribution in [2.45, 2.75) is 13.3 Å². The zero-order valence-electron chi connectivity index (χ0n) is 9.51. The minimum Gasteiger partial charge on any atom is -0.352 e. The molecule has 0 fully saturated rings. The lowest BCUT2D eigenvalue weighted by molar-refractivity contribution is 0.0954. The fourth-order valence-electron chi connectivity index (χ4n) is 1.41. The summed E-state index contributed by atoms with van der Waals surface area (Å²) < 4.78 is 0. The first-order valence-electron chi connectivity index (χ1n) is 5.35. The Labute approximate surface area is 104 Å². The zero-order valence-corrected chi connectivity index (χ0v) is 10.3. The molecule has 88 valence electrons. The first-order chi connectivity index (χ1) is 8.25. The number of pyridine rings is 1. The molecule has 4 nitrogen and oxygen atoms in total. The van der Waals surface area contributed by atoms with Crippen LogP contribution < -0.4 is 5.32 Å². The highest BCUT2D eigenvalue weighted by Gasteiger charge is 2.04. The minimum atomic E-state index is -0.0688. The molecular formula is C12H13N3OS. The number of amides is 1. The van der Waals surface area contributed by atoms with Crippen LogP contribution in [-0.4, -0.2) is 22.4 Å². The van der Waals surface area contributed by atoms with E-state index < -0.39 is 0 Å². The summed E-state index contributed by atoms with van der Waals surface area (Å²) in [5.41, 5.74) is 1.67. The molecule has 0 saturated carbocycles. The number of nitrogens with zero attached hydrogens (tertiary/aromatic N) is 2. The van der Waals surface area contributed by atoms with Crippen molar-refractivity contribution in [3.05, 3.63) is 46.2 Å². The molecule has 0 aromatic carbocycles. The molecule has 0 spiro atoms. The lowest BCUT2D eigenvalue weighted by atomic mass is 10.2. The van der Waals surface area contributed by atoms with E-state index in [1.165, 1.54) is 0 Å². The summed E-state index contributed by atoms with van der Waals surface area (Å²) in [5, 5.41) is 5.92. The molecule has 17 heavy (non-hydrogen) atoms. The highest BCUT2D eigenvalue weighted by Crippen LogP contribution is 2.08. The molecule has 2 aromatic heterocycles. The van der Waals surface area contributed by atoms with E-state index in [1.807, 2.05) is 12.3 Å². The topological polar surface area (TPSA) is 54.9 Å². The Morgan fingerprint density at radius 3 is 2.82 bits per heavy atom. The average Bonchev–Trinajstić information content (AvgIpc) is 2.76. The largest absolute Gasteiger partial charge is 0.352 e. The molecule has 2 aromatic rings. The van der Waals surface area contributed by atoms with Crippen molar-refractivity contribution < 1.29 is 4.79 Å². The Kier molecular flexibility index (Phi) is 3.82. The van der Waals surface area contributed by atoms with E-state index in [2.05, 4.69) is 15.3 Å². The number of thiazole rings is 1. The molecule has 0 aliphatic carbocycles. The molecule has 0 aliphatic heterocycles. The van der Waals surface area contributed by atoms with E-state index in [9.17, 15) is 4.79 Å². The number of hydrogen-bond donors (Lipinski definition) is 1. The highest BCUT2D eigenvalue weighted by molar-refractivity contribution is 7.09. The van der Waals surface area contributed by atoms with Gasteiger partial charge in [0.1, 0.15) is 0 Å². The third-order valence-corrected chi connectivity index (χ3v) is 3.26. The van der Waals surface area contributed by atoms with Gasteiger partial charge in [0, 0.05) is 42.0 Å². The molecule has 5 heteroatoms. The molecule has 1 N–H and O–H groups in total. The van der Waals surface area contributed by atoms with Crippen molar-refractivity contribution in [1.82, 2.24) is 15.3 Å². The quantitative estimate of drug-likeness (QED) is 0.896. The van der Waals surface area contributed by atoms with Gasteiger partial charge in [0.25, 0.3) is 5.91 Å². The SMILES string of the molecule is Cc1csc(CCNC(=O)c2ccncc2)n1. The van der Waals surface area contributed by atoms with Crippen molar-refractivity contribution in [3.8, 4) is 0 Å². The number of carbonyl (C=O) groups is 1. The van der Waals surface area contributed by atoms with Crippen LogP contribution in [0, 0.1) is 6.92 Å². The molecule has 0 radical (unpaired) electrons. The molecule has 0 saturated heterocycles. The predicted molar refractivity (Wildman–Crippen MR) is 67.1 cm³/mol. The molecule has 2 heterocycles. The van der Waals surface area contributed by atoms with Gasteiger partial charge in [-0.25, -0.2) is 4.98 Å². The van der Waals surface area contributed by atoms with Gasteiger partial charge in [-0.15, -0.1) is 11.3 Å². The molecule has 2 rings (SSSR count). The molecular weight excluding hydrogens is 234 g/mol. The summed E-state index contributed by atoms with van der Waals surface area (Å²) >= 11 is 1.62. The van der Waals surface area contributed by atoms with Crippen LogP contribution in [-0.2, 0) is 6.42 Å². The number of aryl methyl sites for hydroxylation is 1. The summed E-state index contributed by atoms with van der Waals surface area (Å²) in [5.74, 6) is -0.0688. The monoisotopic (exact) mass is 247 g/mol. The van der Waals surface area contributed by atoms with E-state index in [-0.39, 0.29) is 5.91 Å². The van der Waals surface area contributed by atoms with Gasteiger partial charge in [-0.05, 0) is 19.1 Å². The lowest BCUT2D eigenvalue weighted by Crippen LogP contribution is -2.25. The van der Waals surface area contributed by atoms with Gasteiger partial charge in [0.2, 0.25) is 0 Å². The summed E-state index contributed by atoms with van der Waals surface area (Å²) in [6, 6.07) is 3.39. The molecule has 1 amide bonds. The third-order valence-electron chi connectivity index (χ3n) is 2.23. The van der Waals surface area contributed by atoms with E-state index >= 15 is 0 Å². The van der Waals surface area contributed by atoms with Gasteiger partial charge in [-0.3, -0.25) is 9.78 Å². The maximum atomic E-state index is 11.7.